The van der Waals surface area contributed by atoms with Gasteiger partial charge in [-0.05, 0) is 44.0 Å². The van der Waals surface area contributed by atoms with Crippen molar-refractivity contribution in [2.75, 3.05) is 30.9 Å². The molecule has 0 aliphatic rings. The summed E-state index contributed by atoms with van der Waals surface area (Å²) in [7, 11) is 3.34. The second-order valence-electron chi connectivity index (χ2n) is 6.81. The minimum absolute atomic E-state index is 0.0898. The fourth-order valence-corrected chi connectivity index (χ4v) is 3.09. The largest absolute Gasteiger partial charge is 0.497 e. The summed E-state index contributed by atoms with van der Waals surface area (Å²) in [6, 6.07) is 11.8. The van der Waals surface area contributed by atoms with Crippen LogP contribution < -0.4 is 15.0 Å². The van der Waals surface area contributed by atoms with Gasteiger partial charge in [0, 0.05) is 18.3 Å². The highest BCUT2D eigenvalue weighted by atomic mass is 16.5. The molecule has 1 N–H and O–H groups in total. The number of benzene rings is 2. The Morgan fingerprint density at radius 3 is 2.57 bits per heavy atom. The Bertz CT molecular complexity index is 974. The van der Waals surface area contributed by atoms with Gasteiger partial charge in [-0.15, -0.1) is 0 Å². The van der Waals surface area contributed by atoms with Crippen LogP contribution in [0.25, 0.3) is 11.4 Å². The van der Waals surface area contributed by atoms with Crippen molar-refractivity contribution in [2.45, 2.75) is 20.8 Å². The van der Waals surface area contributed by atoms with Gasteiger partial charge in [0.2, 0.25) is 11.7 Å². The summed E-state index contributed by atoms with van der Waals surface area (Å²) in [5.74, 6) is 0.991. The highest BCUT2D eigenvalue weighted by Gasteiger charge is 2.16. The van der Waals surface area contributed by atoms with Crippen molar-refractivity contribution in [3.8, 4) is 17.1 Å². The number of hydrogen-bond acceptors (Lipinski definition) is 6. The third kappa shape index (κ3) is 4.31. The molecule has 146 valence electrons. The molecule has 7 nitrogen and oxygen atoms in total. The molecule has 1 amide bonds. The smallest absolute Gasteiger partial charge is 0.324 e. The van der Waals surface area contributed by atoms with Crippen LogP contribution in [-0.4, -0.2) is 36.8 Å². The standard InChI is InChI=1S/C21H24N4O3/c1-13-9-14(2)19(15(3)10-13)22-18(26)12-25(4)21-23-20(24-28-21)16-7-6-8-17(11-16)27-5/h6-11H,12H2,1-5H3,(H,22,26). The number of ether oxygens (including phenoxy) is 1. The van der Waals surface area contributed by atoms with E-state index in [1.165, 1.54) is 5.56 Å². The lowest BCUT2D eigenvalue weighted by molar-refractivity contribution is -0.115. The average Bonchev–Trinajstić information content (AvgIpc) is 3.15. The van der Waals surface area contributed by atoms with E-state index in [1.54, 1.807) is 19.1 Å². The van der Waals surface area contributed by atoms with Gasteiger partial charge in [0.05, 0.1) is 7.11 Å². The summed E-state index contributed by atoms with van der Waals surface area (Å²) in [6.45, 7) is 6.09. The van der Waals surface area contributed by atoms with Crippen LogP contribution in [0.4, 0.5) is 11.7 Å². The predicted octanol–water partition coefficient (Wildman–Crippen LogP) is 3.75. The van der Waals surface area contributed by atoms with Crippen LogP contribution in [0.15, 0.2) is 40.9 Å². The first-order valence-corrected chi connectivity index (χ1v) is 8.94. The monoisotopic (exact) mass is 380 g/mol. The molecule has 0 aliphatic carbocycles. The number of nitrogens with zero attached hydrogens (tertiary/aromatic N) is 3. The lowest BCUT2D eigenvalue weighted by atomic mass is 10.1. The summed E-state index contributed by atoms with van der Waals surface area (Å²) in [5, 5.41) is 6.97. The van der Waals surface area contributed by atoms with Gasteiger partial charge in [0.1, 0.15) is 12.3 Å². The SMILES string of the molecule is COc1cccc(-c2noc(N(C)CC(=O)Nc3c(C)cc(C)cc3C)n2)c1. The van der Waals surface area contributed by atoms with E-state index in [9.17, 15) is 4.79 Å². The van der Waals surface area contributed by atoms with E-state index >= 15 is 0 Å². The molecule has 3 aromatic rings. The summed E-state index contributed by atoms with van der Waals surface area (Å²) in [6.07, 6.45) is 0. The van der Waals surface area contributed by atoms with Crippen LogP contribution >= 0.6 is 0 Å². The second kappa shape index (κ2) is 8.12. The first kappa shape index (κ1) is 19.4. The number of likely N-dealkylation sites (N-methyl/N-ethyl adjacent to an activating group) is 1. The number of aryl methyl sites for hydroxylation is 3. The Morgan fingerprint density at radius 2 is 1.89 bits per heavy atom. The van der Waals surface area contributed by atoms with Gasteiger partial charge < -0.3 is 19.5 Å². The summed E-state index contributed by atoms with van der Waals surface area (Å²) < 4.78 is 10.5. The van der Waals surface area contributed by atoms with Gasteiger partial charge in [0.15, 0.2) is 0 Å². The zero-order chi connectivity index (χ0) is 20.3. The van der Waals surface area contributed by atoms with E-state index in [4.69, 9.17) is 9.26 Å². The first-order chi connectivity index (χ1) is 13.4. The van der Waals surface area contributed by atoms with Crippen molar-refractivity contribution < 1.29 is 14.1 Å². The lowest BCUT2D eigenvalue weighted by Crippen LogP contribution is -2.30. The van der Waals surface area contributed by atoms with E-state index in [0.717, 1.165) is 22.4 Å². The van der Waals surface area contributed by atoms with Crippen molar-refractivity contribution in [3.63, 3.8) is 0 Å². The third-order valence-corrected chi connectivity index (χ3v) is 4.39. The van der Waals surface area contributed by atoms with E-state index < -0.39 is 0 Å². The van der Waals surface area contributed by atoms with Crippen LogP contribution in [0.2, 0.25) is 0 Å². The number of aromatic nitrogens is 2. The zero-order valence-corrected chi connectivity index (χ0v) is 16.7. The van der Waals surface area contributed by atoms with Gasteiger partial charge in [0.25, 0.3) is 0 Å². The maximum absolute atomic E-state index is 12.5. The second-order valence-corrected chi connectivity index (χ2v) is 6.81. The number of carbonyl (C=O) groups excluding carboxylic acids is 1. The number of methoxy groups -OCH3 is 1. The Morgan fingerprint density at radius 1 is 1.18 bits per heavy atom. The molecular formula is C21H24N4O3. The number of amides is 1. The molecular weight excluding hydrogens is 356 g/mol. The number of rotatable bonds is 6. The van der Waals surface area contributed by atoms with E-state index in [2.05, 4.69) is 15.5 Å². The van der Waals surface area contributed by atoms with Crippen LogP contribution in [0.1, 0.15) is 16.7 Å². The number of hydrogen-bond donors (Lipinski definition) is 1. The molecule has 3 rings (SSSR count). The van der Waals surface area contributed by atoms with Gasteiger partial charge >= 0.3 is 6.01 Å². The third-order valence-electron chi connectivity index (χ3n) is 4.39. The predicted molar refractivity (Wildman–Crippen MR) is 109 cm³/mol. The molecule has 2 aromatic carbocycles. The number of anilines is 2. The number of nitrogens with one attached hydrogen (secondary N) is 1. The molecule has 0 saturated carbocycles. The highest BCUT2D eigenvalue weighted by molar-refractivity contribution is 5.95. The Kier molecular flexibility index (Phi) is 5.63. The Balaban J connectivity index is 1.69. The van der Waals surface area contributed by atoms with Crippen LogP contribution in [0.3, 0.4) is 0 Å². The molecule has 1 aromatic heterocycles. The van der Waals surface area contributed by atoms with Crippen molar-refractivity contribution in [1.29, 1.82) is 0 Å². The van der Waals surface area contributed by atoms with Gasteiger partial charge in [-0.1, -0.05) is 35.0 Å². The Labute approximate surface area is 164 Å². The molecule has 0 unspecified atom stereocenters. The summed E-state index contributed by atoms with van der Waals surface area (Å²) >= 11 is 0. The molecule has 0 spiro atoms. The topological polar surface area (TPSA) is 80.5 Å². The van der Waals surface area contributed by atoms with Crippen LogP contribution in [0, 0.1) is 20.8 Å². The van der Waals surface area contributed by atoms with Gasteiger partial charge in [-0.25, -0.2) is 0 Å². The minimum Gasteiger partial charge on any atom is -0.497 e. The van der Waals surface area contributed by atoms with Crippen LogP contribution in [-0.2, 0) is 4.79 Å². The van der Waals surface area contributed by atoms with Gasteiger partial charge in [-0.2, -0.15) is 4.98 Å². The maximum Gasteiger partial charge on any atom is 0.324 e. The fraction of sp³-hybridized carbons (Fsp3) is 0.286. The van der Waals surface area contributed by atoms with Crippen molar-refractivity contribution in [3.05, 3.63) is 53.1 Å². The molecule has 0 radical (unpaired) electrons. The average molecular weight is 380 g/mol. The zero-order valence-electron chi connectivity index (χ0n) is 16.7. The van der Waals surface area contributed by atoms with E-state index in [-0.39, 0.29) is 18.5 Å². The molecule has 1 heterocycles. The minimum atomic E-state index is -0.154. The molecule has 0 atom stereocenters. The van der Waals surface area contributed by atoms with Gasteiger partial charge in [-0.3, -0.25) is 4.79 Å². The summed E-state index contributed by atoms with van der Waals surface area (Å²) in [5.41, 5.74) is 4.85. The summed E-state index contributed by atoms with van der Waals surface area (Å²) in [4.78, 5) is 18.5. The fourth-order valence-electron chi connectivity index (χ4n) is 3.09. The quantitative estimate of drug-likeness (QED) is 0.702. The lowest BCUT2D eigenvalue weighted by Gasteiger charge is -2.16. The van der Waals surface area contributed by atoms with E-state index in [0.29, 0.717) is 11.6 Å². The highest BCUT2D eigenvalue weighted by Crippen LogP contribution is 2.24. The van der Waals surface area contributed by atoms with E-state index in [1.807, 2.05) is 57.2 Å². The molecule has 0 saturated heterocycles. The van der Waals surface area contributed by atoms with Crippen LogP contribution in [0.5, 0.6) is 5.75 Å². The number of carbonyl (C=O) groups is 1. The Hall–Kier alpha value is -3.35. The molecule has 7 heteroatoms. The van der Waals surface area contributed by atoms with Crippen molar-refractivity contribution >= 4 is 17.6 Å². The normalized spacial score (nSPS) is 10.6. The first-order valence-electron chi connectivity index (χ1n) is 8.94. The van der Waals surface area contributed by atoms with Crippen molar-refractivity contribution in [1.82, 2.24) is 10.1 Å². The maximum atomic E-state index is 12.5. The van der Waals surface area contributed by atoms with Crippen molar-refractivity contribution in [2.24, 2.45) is 0 Å². The molecule has 0 bridgehead atoms. The molecule has 0 fully saturated rings. The molecule has 0 aliphatic heterocycles. The molecule has 28 heavy (non-hydrogen) atoms.